The van der Waals surface area contributed by atoms with Gasteiger partial charge in [-0.05, 0) is 38.1 Å². The summed E-state index contributed by atoms with van der Waals surface area (Å²) in [6.45, 7) is 1.83. The highest BCUT2D eigenvalue weighted by Gasteiger charge is 2.54. The summed E-state index contributed by atoms with van der Waals surface area (Å²) in [4.78, 5) is 13.9. The number of hydrogen-bond acceptors (Lipinski definition) is 19. The van der Waals surface area contributed by atoms with Crippen LogP contribution in [0, 0.1) is 0 Å². The van der Waals surface area contributed by atoms with Crippen molar-refractivity contribution in [1.82, 2.24) is 0 Å². The Morgan fingerprint density at radius 3 is 1.77 bits per heavy atom. The Balaban J connectivity index is 1.41. The van der Waals surface area contributed by atoms with Crippen LogP contribution in [0.1, 0.15) is 13.8 Å². The lowest BCUT2D eigenvalue weighted by atomic mass is 9.96. The number of ether oxygens (including phenoxy) is 6. The molecule has 3 saturated heterocycles. The van der Waals surface area contributed by atoms with E-state index in [4.69, 9.17) is 32.8 Å². The highest BCUT2D eigenvalue weighted by molar-refractivity contribution is 5.88. The fourth-order valence-electron chi connectivity index (χ4n) is 6.31. The number of fused-ring (bicyclic) bond motifs is 1. The molecule has 3 aromatic rings. The second kappa shape index (κ2) is 15.0. The van der Waals surface area contributed by atoms with Gasteiger partial charge in [0.25, 0.3) is 0 Å². The van der Waals surface area contributed by atoms with Crippen molar-refractivity contribution in [3.8, 4) is 34.3 Å². The number of hydrogen-bond donors (Lipinski definition) is 11. The zero-order valence-electron chi connectivity index (χ0n) is 27.5. The molecule has 2 aromatic carbocycles. The third-order valence-electron chi connectivity index (χ3n) is 9.28. The first kappa shape index (κ1) is 38.1. The second-order valence-corrected chi connectivity index (χ2v) is 12.9. The lowest BCUT2D eigenvalue weighted by Gasteiger charge is -2.48. The molecule has 0 radical (unpaired) electrons. The van der Waals surface area contributed by atoms with Gasteiger partial charge >= 0.3 is 0 Å². The highest BCUT2D eigenvalue weighted by Crippen LogP contribution is 2.39. The molecule has 0 amide bonds. The van der Waals surface area contributed by atoms with Crippen molar-refractivity contribution in [3.05, 3.63) is 46.6 Å². The van der Waals surface area contributed by atoms with E-state index in [9.17, 15) is 61.0 Å². The van der Waals surface area contributed by atoms with Crippen LogP contribution in [-0.2, 0) is 23.7 Å². The highest BCUT2D eigenvalue weighted by atomic mass is 16.8. The predicted molar refractivity (Wildman–Crippen MR) is 170 cm³/mol. The van der Waals surface area contributed by atoms with Gasteiger partial charge in [-0.1, -0.05) is 0 Å². The normalized spacial score (nSPS) is 38.3. The molecule has 1 aromatic heterocycles. The van der Waals surface area contributed by atoms with Crippen molar-refractivity contribution in [2.45, 2.75) is 106 Å². The van der Waals surface area contributed by atoms with Gasteiger partial charge in [0.1, 0.15) is 89.3 Å². The van der Waals surface area contributed by atoms with Crippen molar-refractivity contribution < 1.29 is 89.0 Å². The fraction of sp³-hybridized carbons (Fsp3) is 0.545. The van der Waals surface area contributed by atoms with Gasteiger partial charge < -0.3 is 89.0 Å². The molecular weight excluding hydrogens is 700 g/mol. The summed E-state index contributed by atoms with van der Waals surface area (Å²) >= 11 is 0. The molecule has 0 aliphatic carbocycles. The van der Waals surface area contributed by atoms with Crippen LogP contribution in [0.5, 0.6) is 23.0 Å². The van der Waals surface area contributed by atoms with E-state index < -0.39 is 127 Å². The standard InChI is InChI=1S/C33H40O19/c1-10-19(38)22(41)24(43)31(46-10)50-28-17(9-34)49-33(26(45)30(28)52-32-25(44)23(42)20(39)11(2)47-32)51-29-21(40)18-15(37)7-14(36)8-16(18)48-27(29)12-3-5-13(35)6-4-12/h3-8,10-11,17,19-20,22-26,28,30-39,41-45H,9H2,1-2H3/t10-,11-,17+,19-,20-,22+,23+,24+,25+,26+,28-,30+,31-,32-,33-/m0/s1. The lowest BCUT2D eigenvalue weighted by molar-refractivity contribution is -0.378. The van der Waals surface area contributed by atoms with Crippen molar-refractivity contribution in [3.63, 3.8) is 0 Å². The van der Waals surface area contributed by atoms with Crippen LogP contribution in [0.2, 0.25) is 0 Å². The number of benzene rings is 2. The maximum absolute atomic E-state index is 13.9. The van der Waals surface area contributed by atoms with Gasteiger partial charge in [-0.2, -0.15) is 0 Å². The first-order valence-corrected chi connectivity index (χ1v) is 16.2. The maximum atomic E-state index is 13.9. The molecule has 0 bridgehead atoms. The molecule has 4 heterocycles. The molecule has 19 heteroatoms. The fourth-order valence-corrected chi connectivity index (χ4v) is 6.31. The van der Waals surface area contributed by atoms with Gasteiger partial charge in [-0.3, -0.25) is 4.79 Å². The summed E-state index contributed by atoms with van der Waals surface area (Å²) in [5, 5.41) is 115. The van der Waals surface area contributed by atoms with E-state index in [0.717, 1.165) is 12.1 Å². The van der Waals surface area contributed by atoms with E-state index in [2.05, 4.69) is 0 Å². The molecule has 19 nitrogen and oxygen atoms in total. The van der Waals surface area contributed by atoms with E-state index in [1.165, 1.54) is 38.1 Å². The molecule has 286 valence electrons. The van der Waals surface area contributed by atoms with Crippen LogP contribution in [-0.4, -0.2) is 155 Å². The summed E-state index contributed by atoms with van der Waals surface area (Å²) in [6, 6.07) is 7.17. The molecule has 0 saturated carbocycles. The molecule has 3 fully saturated rings. The van der Waals surface area contributed by atoms with E-state index in [1.54, 1.807) is 0 Å². The topological polar surface area (TPSA) is 308 Å². The Morgan fingerprint density at radius 1 is 0.654 bits per heavy atom. The molecule has 6 rings (SSSR count). The van der Waals surface area contributed by atoms with E-state index in [1.807, 2.05) is 0 Å². The molecule has 11 N–H and O–H groups in total. The Morgan fingerprint density at radius 2 is 1.21 bits per heavy atom. The van der Waals surface area contributed by atoms with Crippen LogP contribution in [0.15, 0.2) is 45.6 Å². The summed E-state index contributed by atoms with van der Waals surface area (Å²) < 4.78 is 40.6. The number of aliphatic hydroxyl groups is 8. The number of phenols is 3. The number of phenolic OH excluding ortho intramolecular Hbond substituents is 3. The van der Waals surface area contributed by atoms with Gasteiger partial charge in [-0.15, -0.1) is 0 Å². The average Bonchev–Trinajstić information content (AvgIpc) is 3.10. The molecule has 52 heavy (non-hydrogen) atoms. The summed E-state index contributed by atoms with van der Waals surface area (Å²) in [5.74, 6) is -2.24. The minimum Gasteiger partial charge on any atom is -0.508 e. The van der Waals surface area contributed by atoms with Crippen molar-refractivity contribution in [2.75, 3.05) is 6.61 Å². The molecule has 0 spiro atoms. The van der Waals surface area contributed by atoms with Gasteiger partial charge in [0.05, 0.1) is 18.8 Å². The summed E-state index contributed by atoms with van der Waals surface area (Å²) in [5.41, 5.74) is -1.13. The Kier molecular flexibility index (Phi) is 11.0. The van der Waals surface area contributed by atoms with E-state index >= 15 is 0 Å². The third-order valence-corrected chi connectivity index (χ3v) is 9.28. The molecule has 0 unspecified atom stereocenters. The van der Waals surface area contributed by atoms with Gasteiger partial charge in [0, 0.05) is 17.7 Å². The Hall–Kier alpha value is -3.67. The van der Waals surface area contributed by atoms with Crippen molar-refractivity contribution in [2.24, 2.45) is 0 Å². The average molecular weight is 741 g/mol. The van der Waals surface area contributed by atoms with Crippen LogP contribution in [0.4, 0.5) is 0 Å². The third kappa shape index (κ3) is 7.03. The van der Waals surface area contributed by atoms with Crippen molar-refractivity contribution in [1.29, 1.82) is 0 Å². The second-order valence-electron chi connectivity index (χ2n) is 12.9. The number of aromatic hydroxyl groups is 3. The quantitative estimate of drug-likeness (QED) is 0.113. The zero-order chi connectivity index (χ0) is 37.8. The molecular formula is C33H40O19. The SMILES string of the molecule is C[C@@H]1O[C@@H](O[C@@H]2[C@@H](O)[C@H](Oc3c(-c4ccc(O)cc4)oc4cc(O)cc(O)c4c3=O)O[C@H](CO)[C@@H]2O[C@@H]2O[C@@H](C)[C@H](O)[C@@H](O)[C@H]2O)[C@H](O)[C@H](O)[C@H]1O. The van der Waals surface area contributed by atoms with Crippen LogP contribution in [0.3, 0.4) is 0 Å². The first-order valence-electron chi connectivity index (χ1n) is 16.2. The Bertz CT molecular complexity index is 1770. The van der Waals surface area contributed by atoms with Crippen LogP contribution < -0.4 is 10.2 Å². The van der Waals surface area contributed by atoms with Crippen molar-refractivity contribution >= 4 is 11.0 Å². The zero-order valence-corrected chi connectivity index (χ0v) is 27.5. The first-order chi connectivity index (χ1) is 24.6. The van der Waals surface area contributed by atoms with E-state index in [-0.39, 0.29) is 22.7 Å². The lowest BCUT2D eigenvalue weighted by Crippen LogP contribution is -2.67. The van der Waals surface area contributed by atoms with Crippen LogP contribution in [0.25, 0.3) is 22.3 Å². The Labute approximate surface area is 293 Å². The smallest absolute Gasteiger partial charge is 0.239 e. The molecule has 3 aliphatic heterocycles. The minimum atomic E-state index is -2.06. The largest absolute Gasteiger partial charge is 0.508 e. The number of rotatable bonds is 8. The molecule has 15 atom stereocenters. The summed E-state index contributed by atoms with van der Waals surface area (Å²) in [7, 11) is 0. The van der Waals surface area contributed by atoms with E-state index in [0.29, 0.717) is 0 Å². The molecule has 3 aliphatic rings. The van der Waals surface area contributed by atoms with Gasteiger partial charge in [0.15, 0.2) is 18.3 Å². The monoisotopic (exact) mass is 740 g/mol. The maximum Gasteiger partial charge on any atom is 0.239 e. The number of aliphatic hydroxyl groups excluding tert-OH is 8. The van der Waals surface area contributed by atoms with Gasteiger partial charge in [-0.25, -0.2) is 0 Å². The summed E-state index contributed by atoms with van der Waals surface area (Å²) in [6.07, 6.45) is -25.1. The van der Waals surface area contributed by atoms with Gasteiger partial charge in [0.2, 0.25) is 17.5 Å². The predicted octanol–water partition coefficient (Wildman–Crippen LogP) is -2.54. The minimum absolute atomic E-state index is 0.143. The van der Waals surface area contributed by atoms with Crippen LogP contribution >= 0.6 is 0 Å².